The second-order valence-electron chi connectivity index (χ2n) is 16.4. The van der Waals surface area contributed by atoms with Gasteiger partial charge in [0.05, 0.1) is 0 Å². The Hall–Kier alpha value is -3.62. The summed E-state index contributed by atoms with van der Waals surface area (Å²) < 4.78 is 1.95. The Morgan fingerprint density at radius 2 is 0.982 bits per heavy atom. The van der Waals surface area contributed by atoms with Crippen molar-refractivity contribution in [1.29, 1.82) is 0 Å². The van der Waals surface area contributed by atoms with Gasteiger partial charge in [0.15, 0.2) is 0 Å². The standard InChI is InChI=1S/C18H17BrO2.C14H9BrO2.C9H18O.C7H14O/c1-8(2)10-5-6-11-14-13(17(20)18(21)15(10)14)7-12(9(3)4)16(11)19;1-6-3-4-8-11-9(5-7(2)12(8)15)13(16)14(17)10(6)11;1-7(2)5-9(10)6-8(3)4;1-3-5-7(8)6-4-2/h5-9H,1-4H3;3-5H,1-2H3;7-8H,5-6H2,1-4H3;3-6H2,1-2H3. The number of carbonyl (C=O) groups excluding carboxylic acids is 6. The fourth-order valence-corrected chi connectivity index (χ4v) is 8.55. The lowest BCUT2D eigenvalue weighted by Gasteiger charge is -2.15. The van der Waals surface area contributed by atoms with Crippen LogP contribution in [0.15, 0.2) is 45.3 Å². The highest BCUT2D eigenvalue weighted by Crippen LogP contribution is 2.42. The van der Waals surface area contributed by atoms with E-state index in [0.29, 0.717) is 45.7 Å². The molecule has 0 amide bonds. The van der Waals surface area contributed by atoms with Gasteiger partial charge < -0.3 is 0 Å². The summed E-state index contributed by atoms with van der Waals surface area (Å²) in [7, 11) is 0. The van der Waals surface area contributed by atoms with Crippen molar-refractivity contribution in [3.8, 4) is 0 Å². The van der Waals surface area contributed by atoms with Crippen LogP contribution in [-0.4, -0.2) is 34.7 Å². The molecule has 0 radical (unpaired) electrons. The summed E-state index contributed by atoms with van der Waals surface area (Å²) in [6, 6.07) is 11.5. The zero-order valence-corrected chi connectivity index (χ0v) is 38.4. The van der Waals surface area contributed by atoms with Crippen molar-refractivity contribution < 1.29 is 28.8 Å². The molecule has 0 N–H and O–H groups in total. The van der Waals surface area contributed by atoms with Gasteiger partial charge in [-0.25, -0.2) is 0 Å². The predicted molar refractivity (Wildman–Crippen MR) is 237 cm³/mol. The molecule has 4 aromatic carbocycles. The average Bonchev–Trinajstić information content (AvgIpc) is 3.51. The SMILES string of the molecule is CC(C)CC(=O)CC(C)C.CC(C)c1cc2c3c(c(C(C)C)ccc3c1Br)C(=O)C2=O.CCCC(=O)CCC.Cc1cc2c3c(c(C)ccc3c1Br)C(=O)C2=O. The molecule has 300 valence electrons. The Morgan fingerprint density at radius 3 is 1.46 bits per heavy atom. The van der Waals surface area contributed by atoms with Crippen molar-refractivity contribution >= 4 is 88.1 Å². The fourth-order valence-electron chi connectivity index (χ4n) is 7.21. The van der Waals surface area contributed by atoms with E-state index in [1.807, 2.05) is 71.9 Å². The summed E-state index contributed by atoms with van der Waals surface area (Å²) in [4.78, 5) is 70.4. The van der Waals surface area contributed by atoms with E-state index in [9.17, 15) is 28.8 Å². The molecule has 2 aliphatic rings. The molecule has 0 aromatic heterocycles. The third kappa shape index (κ3) is 10.5. The molecule has 2 aliphatic carbocycles. The summed E-state index contributed by atoms with van der Waals surface area (Å²) in [5.74, 6) is 0.894. The number of aryl methyl sites for hydroxylation is 2. The van der Waals surface area contributed by atoms with Gasteiger partial charge >= 0.3 is 0 Å². The molecular formula is C48H58Br2O6. The molecule has 0 atom stereocenters. The third-order valence-corrected chi connectivity index (χ3v) is 11.8. The first kappa shape index (κ1) is 46.8. The maximum atomic E-state index is 12.4. The minimum atomic E-state index is -0.380. The van der Waals surface area contributed by atoms with Crippen LogP contribution in [0.5, 0.6) is 0 Å². The van der Waals surface area contributed by atoms with E-state index >= 15 is 0 Å². The van der Waals surface area contributed by atoms with E-state index in [2.05, 4.69) is 73.4 Å². The van der Waals surface area contributed by atoms with Gasteiger partial charge in [0.2, 0.25) is 23.1 Å². The molecule has 0 spiro atoms. The van der Waals surface area contributed by atoms with Crippen molar-refractivity contribution in [2.24, 2.45) is 11.8 Å². The number of hydrogen-bond donors (Lipinski definition) is 0. The quantitative estimate of drug-likeness (QED) is 0.147. The van der Waals surface area contributed by atoms with Crippen molar-refractivity contribution in [2.75, 3.05) is 0 Å². The number of halogens is 2. The van der Waals surface area contributed by atoms with Gasteiger partial charge in [0.25, 0.3) is 0 Å². The third-order valence-electron chi connectivity index (χ3n) is 9.85. The van der Waals surface area contributed by atoms with E-state index in [-0.39, 0.29) is 35.0 Å². The first-order chi connectivity index (χ1) is 26.2. The van der Waals surface area contributed by atoms with Crippen LogP contribution >= 0.6 is 31.9 Å². The molecule has 6 nitrogen and oxygen atoms in total. The van der Waals surface area contributed by atoms with Crippen LogP contribution in [0.1, 0.15) is 183 Å². The maximum absolute atomic E-state index is 12.4. The molecule has 0 heterocycles. The zero-order chi connectivity index (χ0) is 42.3. The topological polar surface area (TPSA) is 102 Å². The molecule has 0 fully saturated rings. The number of benzene rings is 4. The second kappa shape index (κ2) is 20.2. The Bertz CT molecular complexity index is 2170. The summed E-state index contributed by atoms with van der Waals surface area (Å²) in [6.07, 6.45) is 5.04. The van der Waals surface area contributed by atoms with Crippen LogP contribution in [0.2, 0.25) is 0 Å². The molecule has 56 heavy (non-hydrogen) atoms. The van der Waals surface area contributed by atoms with E-state index in [1.54, 1.807) is 6.07 Å². The van der Waals surface area contributed by atoms with Gasteiger partial charge in [0.1, 0.15) is 11.6 Å². The summed E-state index contributed by atoms with van der Waals surface area (Å²) in [6.45, 7) is 24.5. The van der Waals surface area contributed by atoms with Crippen LogP contribution in [0.25, 0.3) is 21.5 Å². The van der Waals surface area contributed by atoms with Gasteiger partial charge in [0, 0.05) is 67.7 Å². The van der Waals surface area contributed by atoms with Crippen LogP contribution < -0.4 is 0 Å². The van der Waals surface area contributed by atoms with Gasteiger partial charge in [-0.05, 0) is 127 Å². The highest BCUT2D eigenvalue weighted by atomic mass is 79.9. The Morgan fingerprint density at radius 1 is 0.536 bits per heavy atom. The second-order valence-corrected chi connectivity index (χ2v) is 18.0. The Labute approximate surface area is 350 Å². The molecule has 0 unspecified atom stereocenters. The Balaban J connectivity index is 0.000000215. The Kier molecular flexibility index (Phi) is 16.9. The number of Topliss-reactive ketones (excluding diaryl/α,β-unsaturated/α-hetero) is 6. The molecule has 6 rings (SSSR count). The smallest absolute Gasteiger partial charge is 0.234 e. The zero-order valence-electron chi connectivity index (χ0n) is 35.2. The predicted octanol–water partition coefficient (Wildman–Crippen LogP) is 13.6. The molecule has 0 bridgehead atoms. The average molecular weight is 891 g/mol. The lowest BCUT2D eigenvalue weighted by atomic mass is 9.91. The first-order valence-electron chi connectivity index (χ1n) is 19.9. The van der Waals surface area contributed by atoms with Crippen LogP contribution in [0, 0.1) is 25.7 Å². The number of ketones is 6. The van der Waals surface area contributed by atoms with Crippen LogP contribution in [0.3, 0.4) is 0 Å². The molecule has 4 aromatic rings. The number of carbonyl (C=O) groups is 6. The lowest BCUT2D eigenvalue weighted by molar-refractivity contribution is -0.120. The monoisotopic (exact) mass is 888 g/mol. The summed E-state index contributed by atoms with van der Waals surface area (Å²) >= 11 is 7.18. The van der Waals surface area contributed by atoms with Crippen LogP contribution in [0.4, 0.5) is 0 Å². The van der Waals surface area contributed by atoms with E-state index < -0.39 is 0 Å². The van der Waals surface area contributed by atoms with Crippen molar-refractivity contribution in [3.63, 3.8) is 0 Å². The van der Waals surface area contributed by atoms with E-state index in [1.165, 1.54) is 0 Å². The molecule has 0 aliphatic heterocycles. The lowest BCUT2D eigenvalue weighted by Crippen LogP contribution is -2.09. The highest BCUT2D eigenvalue weighted by Gasteiger charge is 2.35. The van der Waals surface area contributed by atoms with Gasteiger partial charge in [-0.15, -0.1) is 0 Å². The molecule has 8 heteroatoms. The van der Waals surface area contributed by atoms with Gasteiger partial charge in [-0.1, -0.05) is 93.5 Å². The summed E-state index contributed by atoms with van der Waals surface area (Å²) in [5.41, 5.74) is 6.17. The van der Waals surface area contributed by atoms with E-state index in [4.69, 9.17) is 0 Å². The highest BCUT2D eigenvalue weighted by molar-refractivity contribution is 9.11. The normalized spacial score (nSPS) is 12.8. The largest absolute Gasteiger partial charge is 0.300 e. The van der Waals surface area contributed by atoms with Crippen molar-refractivity contribution in [3.05, 3.63) is 89.9 Å². The van der Waals surface area contributed by atoms with Gasteiger partial charge in [-0.3, -0.25) is 28.8 Å². The molecule has 0 saturated carbocycles. The van der Waals surface area contributed by atoms with Crippen LogP contribution in [-0.2, 0) is 9.59 Å². The summed E-state index contributed by atoms with van der Waals surface area (Å²) in [5, 5.41) is 3.54. The fraction of sp³-hybridized carbons (Fsp3) is 0.458. The van der Waals surface area contributed by atoms with Crippen molar-refractivity contribution in [2.45, 2.75) is 133 Å². The molecular weight excluding hydrogens is 832 g/mol. The maximum Gasteiger partial charge on any atom is 0.234 e. The van der Waals surface area contributed by atoms with Gasteiger partial charge in [-0.2, -0.15) is 0 Å². The minimum Gasteiger partial charge on any atom is -0.300 e. The van der Waals surface area contributed by atoms with E-state index in [0.717, 1.165) is 91.3 Å². The number of hydrogen-bond acceptors (Lipinski definition) is 6. The van der Waals surface area contributed by atoms with Crippen molar-refractivity contribution in [1.82, 2.24) is 0 Å². The number of rotatable bonds is 10. The first-order valence-corrected chi connectivity index (χ1v) is 21.5. The molecule has 0 saturated heterocycles. The minimum absolute atomic E-state index is 0.218.